The fourth-order valence-corrected chi connectivity index (χ4v) is 3.37. The molecule has 10 heteroatoms. The molecule has 0 saturated carbocycles. The molecule has 9 nitrogen and oxygen atoms in total. The van der Waals surface area contributed by atoms with Gasteiger partial charge >= 0.3 is 11.7 Å². The summed E-state index contributed by atoms with van der Waals surface area (Å²) in [5.41, 5.74) is 1.78. The lowest BCUT2D eigenvalue weighted by molar-refractivity contribution is -0.387. The van der Waals surface area contributed by atoms with Crippen LogP contribution >= 0.6 is 0 Å². The summed E-state index contributed by atoms with van der Waals surface area (Å²) in [5, 5.41) is 13.1. The third kappa shape index (κ3) is 4.54. The molecule has 4 aromatic rings. The Bertz CT molecular complexity index is 1380. The first-order valence-electron chi connectivity index (χ1n) is 9.79. The Balaban J connectivity index is 1.44. The highest BCUT2D eigenvalue weighted by molar-refractivity contribution is 5.97. The van der Waals surface area contributed by atoms with E-state index in [0.717, 1.165) is 29.2 Å². The molecule has 1 amide bonds. The first-order chi connectivity index (χ1) is 15.8. The van der Waals surface area contributed by atoms with Crippen LogP contribution in [0.5, 0.6) is 0 Å². The minimum atomic E-state index is -1.02. The Morgan fingerprint density at radius 1 is 1.12 bits per heavy atom. The number of amides is 1. The van der Waals surface area contributed by atoms with E-state index < -0.39 is 34.9 Å². The summed E-state index contributed by atoms with van der Waals surface area (Å²) >= 11 is 0. The van der Waals surface area contributed by atoms with Crippen molar-refractivity contribution in [1.29, 1.82) is 0 Å². The van der Waals surface area contributed by atoms with Crippen molar-refractivity contribution < 1.29 is 23.6 Å². The van der Waals surface area contributed by atoms with Crippen molar-refractivity contribution >= 4 is 34.3 Å². The molecular weight excluding hydrogens is 431 g/mol. The fourth-order valence-electron chi connectivity index (χ4n) is 3.37. The van der Waals surface area contributed by atoms with Crippen molar-refractivity contribution in [2.75, 3.05) is 11.9 Å². The number of halogens is 1. The first kappa shape index (κ1) is 21.6. The molecule has 0 saturated heterocycles. The van der Waals surface area contributed by atoms with Crippen molar-refractivity contribution in [3.63, 3.8) is 0 Å². The van der Waals surface area contributed by atoms with E-state index in [0.29, 0.717) is 5.52 Å². The second kappa shape index (κ2) is 8.87. The molecule has 0 radical (unpaired) electrons. The van der Waals surface area contributed by atoms with Crippen molar-refractivity contribution in [3.8, 4) is 5.69 Å². The molecule has 0 unspecified atom stereocenters. The highest BCUT2D eigenvalue weighted by Crippen LogP contribution is 2.23. The third-order valence-corrected chi connectivity index (χ3v) is 4.83. The molecule has 33 heavy (non-hydrogen) atoms. The van der Waals surface area contributed by atoms with E-state index in [2.05, 4.69) is 10.3 Å². The van der Waals surface area contributed by atoms with Gasteiger partial charge in [0.25, 0.3) is 5.91 Å². The molecule has 0 aliphatic heterocycles. The number of imidazole rings is 1. The monoisotopic (exact) mass is 448 g/mol. The molecule has 0 spiro atoms. The van der Waals surface area contributed by atoms with Crippen molar-refractivity contribution in [2.24, 2.45) is 0 Å². The third-order valence-electron chi connectivity index (χ3n) is 4.83. The first-order valence-corrected chi connectivity index (χ1v) is 9.79. The average Bonchev–Trinajstić information content (AvgIpc) is 3.14. The molecule has 0 fully saturated rings. The van der Waals surface area contributed by atoms with Gasteiger partial charge in [0.1, 0.15) is 5.82 Å². The second-order valence-electron chi connectivity index (χ2n) is 7.08. The number of anilines is 1. The van der Waals surface area contributed by atoms with Gasteiger partial charge < -0.3 is 10.1 Å². The number of aromatic nitrogens is 2. The number of nitro benzene ring substituents is 1. The van der Waals surface area contributed by atoms with Gasteiger partial charge in [0.2, 0.25) is 5.82 Å². The van der Waals surface area contributed by atoms with Crippen LogP contribution in [0.1, 0.15) is 16.2 Å². The van der Waals surface area contributed by atoms with Crippen molar-refractivity contribution in [1.82, 2.24) is 9.55 Å². The number of rotatable bonds is 6. The van der Waals surface area contributed by atoms with Crippen LogP contribution < -0.4 is 5.32 Å². The van der Waals surface area contributed by atoms with Gasteiger partial charge in [0.15, 0.2) is 6.61 Å². The summed E-state index contributed by atoms with van der Waals surface area (Å²) in [7, 11) is 0. The smallest absolute Gasteiger partial charge is 0.338 e. The molecule has 1 heterocycles. The number of carbonyl (C=O) groups is 2. The van der Waals surface area contributed by atoms with Crippen LogP contribution in [-0.2, 0) is 9.53 Å². The number of aryl methyl sites for hydroxylation is 1. The molecule has 0 bridgehead atoms. The number of nitrogens with zero attached hydrogens (tertiary/aromatic N) is 3. The number of carbonyl (C=O) groups excluding carboxylic acids is 2. The van der Waals surface area contributed by atoms with E-state index in [-0.39, 0.29) is 11.3 Å². The SMILES string of the molecule is Cc1nc2cc(C(=O)OCC(=O)Nc3ccc(F)c([N+](=O)[O-])c3)ccc2n1-c1ccccc1. The summed E-state index contributed by atoms with van der Waals surface area (Å²) < 4.78 is 20.4. The Morgan fingerprint density at radius 3 is 2.61 bits per heavy atom. The summed E-state index contributed by atoms with van der Waals surface area (Å²) in [4.78, 5) is 38.9. The van der Waals surface area contributed by atoms with Gasteiger partial charge in [-0.2, -0.15) is 4.39 Å². The summed E-state index contributed by atoms with van der Waals surface area (Å²) in [6.45, 7) is 1.23. The van der Waals surface area contributed by atoms with E-state index in [1.807, 2.05) is 41.8 Å². The highest BCUT2D eigenvalue weighted by Gasteiger charge is 2.17. The van der Waals surface area contributed by atoms with Crippen molar-refractivity contribution in [2.45, 2.75) is 6.92 Å². The number of hydrogen-bond donors (Lipinski definition) is 1. The summed E-state index contributed by atoms with van der Waals surface area (Å²) in [6.07, 6.45) is 0. The molecule has 0 aliphatic carbocycles. The Morgan fingerprint density at radius 2 is 1.88 bits per heavy atom. The van der Waals surface area contributed by atoms with Crippen LogP contribution in [0.25, 0.3) is 16.7 Å². The van der Waals surface area contributed by atoms with E-state index in [4.69, 9.17) is 4.74 Å². The van der Waals surface area contributed by atoms with Crippen LogP contribution in [-0.4, -0.2) is 33.0 Å². The van der Waals surface area contributed by atoms with E-state index >= 15 is 0 Å². The molecule has 4 rings (SSSR count). The average molecular weight is 448 g/mol. The fraction of sp³-hybridized carbons (Fsp3) is 0.0870. The lowest BCUT2D eigenvalue weighted by atomic mass is 10.2. The van der Waals surface area contributed by atoms with E-state index in [1.165, 1.54) is 6.07 Å². The zero-order valence-electron chi connectivity index (χ0n) is 17.3. The predicted molar refractivity (Wildman–Crippen MR) is 118 cm³/mol. The molecule has 1 N–H and O–H groups in total. The van der Waals surface area contributed by atoms with E-state index in [1.54, 1.807) is 18.2 Å². The van der Waals surface area contributed by atoms with Gasteiger partial charge in [0, 0.05) is 17.4 Å². The Kier molecular flexibility index (Phi) is 5.81. The van der Waals surface area contributed by atoms with Gasteiger partial charge in [-0.25, -0.2) is 9.78 Å². The second-order valence-corrected chi connectivity index (χ2v) is 7.08. The number of fused-ring (bicyclic) bond motifs is 1. The zero-order valence-corrected chi connectivity index (χ0v) is 17.3. The largest absolute Gasteiger partial charge is 0.452 e. The van der Waals surface area contributed by atoms with Gasteiger partial charge in [-0.3, -0.25) is 19.5 Å². The number of hydrogen-bond acceptors (Lipinski definition) is 6. The standard InChI is InChI=1S/C23H17FN4O5/c1-14-25-19-11-15(7-10-20(19)27(14)17-5-3-2-4-6-17)23(30)33-13-22(29)26-16-8-9-18(24)21(12-16)28(31)32/h2-12H,13H2,1H3,(H,26,29). The molecular formula is C23H17FN4O5. The predicted octanol–water partition coefficient (Wildman–Crippen LogP) is 4.18. The molecule has 0 atom stereocenters. The minimum absolute atomic E-state index is 0.00694. The topological polar surface area (TPSA) is 116 Å². The Hall–Kier alpha value is -4.60. The molecule has 166 valence electrons. The van der Waals surface area contributed by atoms with Crippen LogP contribution in [0.4, 0.5) is 15.8 Å². The van der Waals surface area contributed by atoms with Crippen LogP contribution in [0, 0.1) is 22.9 Å². The lowest BCUT2D eigenvalue weighted by Crippen LogP contribution is -2.21. The minimum Gasteiger partial charge on any atom is -0.452 e. The van der Waals surface area contributed by atoms with Gasteiger partial charge in [-0.1, -0.05) is 18.2 Å². The molecule has 3 aromatic carbocycles. The number of nitrogens with one attached hydrogen (secondary N) is 1. The van der Waals surface area contributed by atoms with Gasteiger partial charge in [-0.05, 0) is 49.4 Å². The number of esters is 1. The summed E-state index contributed by atoms with van der Waals surface area (Å²) in [5.74, 6) is -1.74. The van der Waals surface area contributed by atoms with Crippen LogP contribution in [0.3, 0.4) is 0 Å². The van der Waals surface area contributed by atoms with Crippen molar-refractivity contribution in [3.05, 3.63) is 94.0 Å². The quantitative estimate of drug-likeness (QED) is 0.269. The van der Waals surface area contributed by atoms with E-state index in [9.17, 15) is 24.1 Å². The maximum Gasteiger partial charge on any atom is 0.338 e. The van der Waals surface area contributed by atoms with Crippen LogP contribution in [0.2, 0.25) is 0 Å². The number of para-hydroxylation sites is 1. The highest BCUT2D eigenvalue weighted by atomic mass is 19.1. The summed E-state index contributed by atoms with van der Waals surface area (Å²) in [6, 6.07) is 17.5. The molecule has 0 aliphatic rings. The Labute approximate surface area is 186 Å². The zero-order chi connectivity index (χ0) is 23.5. The molecule has 1 aromatic heterocycles. The number of benzene rings is 3. The van der Waals surface area contributed by atoms with Gasteiger partial charge in [-0.15, -0.1) is 0 Å². The number of ether oxygens (including phenoxy) is 1. The van der Waals surface area contributed by atoms with Crippen LogP contribution in [0.15, 0.2) is 66.7 Å². The number of nitro groups is 1. The normalized spacial score (nSPS) is 10.7. The maximum atomic E-state index is 13.4. The van der Waals surface area contributed by atoms with Gasteiger partial charge in [0.05, 0.1) is 21.5 Å². The lowest BCUT2D eigenvalue weighted by Gasteiger charge is -2.08. The maximum absolute atomic E-state index is 13.4.